The minimum absolute atomic E-state index is 0.196. The van der Waals surface area contributed by atoms with E-state index in [9.17, 15) is 0 Å². The highest BCUT2D eigenvalue weighted by molar-refractivity contribution is 5.38. The molecular formula is C15H22N4O2. The lowest BCUT2D eigenvalue weighted by molar-refractivity contribution is 0.340. The van der Waals surface area contributed by atoms with Gasteiger partial charge in [0.2, 0.25) is 0 Å². The second-order valence-electron chi connectivity index (χ2n) is 4.52. The minimum atomic E-state index is -0.196. The molecule has 21 heavy (non-hydrogen) atoms. The lowest BCUT2D eigenvalue weighted by Crippen LogP contribution is -2.31. The monoisotopic (exact) mass is 290 g/mol. The first-order valence-corrected chi connectivity index (χ1v) is 7.03. The molecule has 6 heteroatoms. The van der Waals surface area contributed by atoms with Gasteiger partial charge in [-0.1, -0.05) is 12.1 Å². The molecule has 0 aliphatic carbocycles. The Morgan fingerprint density at radius 2 is 2.00 bits per heavy atom. The number of hydrazine groups is 1. The van der Waals surface area contributed by atoms with Gasteiger partial charge in [0.25, 0.3) is 0 Å². The zero-order valence-electron chi connectivity index (χ0n) is 12.7. The number of nitrogens with one attached hydrogen (secondary N) is 1. The van der Waals surface area contributed by atoms with E-state index >= 15 is 0 Å². The quantitative estimate of drug-likeness (QED) is 0.601. The number of aromatic nitrogens is 2. The number of nitrogens with two attached hydrogens (primary N) is 1. The molecule has 114 valence electrons. The number of methoxy groups -OCH3 is 1. The van der Waals surface area contributed by atoms with Crippen LogP contribution in [-0.4, -0.2) is 23.5 Å². The molecule has 1 unspecified atom stereocenters. The average molecular weight is 290 g/mol. The summed E-state index contributed by atoms with van der Waals surface area (Å²) >= 11 is 0. The maximum absolute atomic E-state index is 5.76. The van der Waals surface area contributed by atoms with Gasteiger partial charge < -0.3 is 9.47 Å². The van der Waals surface area contributed by atoms with Crippen molar-refractivity contribution in [1.82, 2.24) is 15.2 Å². The normalized spacial score (nSPS) is 12.2. The average Bonchev–Trinajstić information content (AvgIpc) is 2.93. The van der Waals surface area contributed by atoms with Crippen LogP contribution in [-0.2, 0) is 6.54 Å². The van der Waals surface area contributed by atoms with Crippen LogP contribution >= 0.6 is 0 Å². The van der Waals surface area contributed by atoms with Crippen molar-refractivity contribution < 1.29 is 9.47 Å². The third-order valence-corrected chi connectivity index (χ3v) is 3.33. The number of nitrogens with zero attached hydrogens (tertiary/aromatic N) is 2. The predicted molar refractivity (Wildman–Crippen MR) is 81.2 cm³/mol. The van der Waals surface area contributed by atoms with Crippen molar-refractivity contribution in [3.8, 4) is 11.5 Å². The molecule has 1 aromatic carbocycles. The highest BCUT2D eigenvalue weighted by atomic mass is 16.5. The summed E-state index contributed by atoms with van der Waals surface area (Å²) in [5, 5.41) is 4.32. The second kappa shape index (κ2) is 7.10. The van der Waals surface area contributed by atoms with Gasteiger partial charge in [-0.05, 0) is 31.5 Å². The first kappa shape index (κ1) is 15.3. The van der Waals surface area contributed by atoms with Crippen molar-refractivity contribution >= 4 is 0 Å². The summed E-state index contributed by atoms with van der Waals surface area (Å²) in [6, 6.07) is 7.65. The molecule has 0 aliphatic heterocycles. The van der Waals surface area contributed by atoms with Crippen LogP contribution in [0.3, 0.4) is 0 Å². The molecule has 6 nitrogen and oxygen atoms in total. The number of aryl methyl sites for hydroxylation is 1. The Labute approximate surface area is 124 Å². The summed E-state index contributed by atoms with van der Waals surface area (Å²) in [7, 11) is 1.63. The Morgan fingerprint density at radius 1 is 1.29 bits per heavy atom. The molecule has 3 N–H and O–H groups in total. The third kappa shape index (κ3) is 3.17. The van der Waals surface area contributed by atoms with E-state index in [-0.39, 0.29) is 6.04 Å². The SMILES string of the molecule is CCOc1ccc(C(NN)c2c(OC)cnn2CC)cc1. The van der Waals surface area contributed by atoms with Gasteiger partial charge in [0.15, 0.2) is 5.75 Å². The van der Waals surface area contributed by atoms with Crippen molar-refractivity contribution in [3.05, 3.63) is 41.7 Å². The van der Waals surface area contributed by atoms with E-state index in [1.54, 1.807) is 13.3 Å². The fourth-order valence-corrected chi connectivity index (χ4v) is 2.33. The van der Waals surface area contributed by atoms with Gasteiger partial charge in [-0.15, -0.1) is 0 Å². The summed E-state index contributed by atoms with van der Waals surface area (Å²) in [4.78, 5) is 0. The molecule has 0 bridgehead atoms. The topological polar surface area (TPSA) is 74.3 Å². The van der Waals surface area contributed by atoms with Gasteiger partial charge in [0, 0.05) is 6.54 Å². The molecule has 2 aromatic rings. The maximum atomic E-state index is 5.76. The van der Waals surface area contributed by atoms with Crippen LogP contribution in [0.2, 0.25) is 0 Å². The molecule has 0 saturated carbocycles. The molecule has 0 fully saturated rings. The molecule has 1 heterocycles. The molecule has 0 aliphatic rings. The van der Waals surface area contributed by atoms with Gasteiger partial charge in [-0.25, -0.2) is 5.43 Å². The molecule has 1 aromatic heterocycles. The Kier molecular flexibility index (Phi) is 5.19. The van der Waals surface area contributed by atoms with Gasteiger partial charge >= 0.3 is 0 Å². The highest BCUT2D eigenvalue weighted by Gasteiger charge is 2.22. The van der Waals surface area contributed by atoms with Crippen molar-refractivity contribution in [2.24, 2.45) is 5.84 Å². The summed E-state index contributed by atoms with van der Waals surface area (Å²) < 4.78 is 12.7. The fraction of sp³-hybridized carbons (Fsp3) is 0.400. The first-order valence-electron chi connectivity index (χ1n) is 7.03. The number of benzene rings is 1. The lowest BCUT2D eigenvalue weighted by atomic mass is 10.0. The summed E-state index contributed by atoms with van der Waals surface area (Å²) in [6.07, 6.45) is 1.71. The number of ether oxygens (including phenoxy) is 2. The van der Waals surface area contributed by atoms with Crippen LogP contribution in [0.5, 0.6) is 11.5 Å². The zero-order chi connectivity index (χ0) is 15.2. The van der Waals surface area contributed by atoms with E-state index < -0.39 is 0 Å². The van der Waals surface area contributed by atoms with Gasteiger partial charge in [0.1, 0.15) is 11.4 Å². The number of rotatable bonds is 7. The zero-order valence-corrected chi connectivity index (χ0v) is 12.7. The van der Waals surface area contributed by atoms with E-state index in [0.29, 0.717) is 12.4 Å². The van der Waals surface area contributed by atoms with Gasteiger partial charge in [-0.2, -0.15) is 5.10 Å². The van der Waals surface area contributed by atoms with E-state index in [1.807, 2.05) is 42.8 Å². The Morgan fingerprint density at radius 3 is 2.52 bits per heavy atom. The van der Waals surface area contributed by atoms with Crippen LogP contribution in [0, 0.1) is 0 Å². The Balaban J connectivity index is 2.37. The summed E-state index contributed by atoms with van der Waals surface area (Å²) in [6.45, 7) is 5.38. The van der Waals surface area contributed by atoms with E-state index in [4.69, 9.17) is 15.3 Å². The van der Waals surface area contributed by atoms with E-state index in [0.717, 1.165) is 23.6 Å². The van der Waals surface area contributed by atoms with Crippen molar-refractivity contribution in [2.75, 3.05) is 13.7 Å². The minimum Gasteiger partial charge on any atom is -0.494 e. The van der Waals surface area contributed by atoms with Crippen molar-refractivity contribution in [1.29, 1.82) is 0 Å². The third-order valence-electron chi connectivity index (χ3n) is 3.33. The first-order chi connectivity index (χ1) is 10.2. The van der Waals surface area contributed by atoms with E-state index in [2.05, 4.69) is 10.5 Å². The molecule has 2 rings (SSSR count). The Hall–Kier alpha value is -2.05. The van der Waals surface area contributed by atoms with Gasteiger partial charge in [-0.3, -0.25) is 10.5 Å². The van der Waals surface area contributed by atoms with Crippen LogP contribution in [0.25, 0.3) is 0 Å². The largest absolute Gasteiger partial charge is 0.494 e. The van der Waals surface area contributed by atoms with E-state index in [1.165, 1.54) is 0 Å². The molecule has 0 spiro atoms. The molecule has 0 amide bonds. The highest BCUT2D eigenvalue weighted by Crippen LogP contribution is 2.30. The molecule has 0 saturated heterocycles. The summed E-state index contributed by atoms with van der Waals surface area (Å²) in [5.41, 5.74) is 4.77. The predicted octanol–water partition coefficient (Wildman–Crippen LogP) is 1.86. The smallest absolute Gasteiger partial charge is 0.161 e. The molecule has 1 atom stereocenters. The van der Waals surface area contributed by atoms with Crippen LogP contribution in [0.15, 0.2) is 30.5 Å². The van der Waals surface area contributed by atoms with Gasteiger partial charge in [0.05, 0.1) is 26.0 Å². The number of hydrogen-bond donors (Lipinski definition) is 2. The fourth-order valence-electron chi connectivity index (χ4n) is 2.33. The standard InChI is InChI=1S/C15H22N4O2/c1-4-19-15(13(20-3)10-17-19)14(18-16)11-6-8-12(9-7-11)21-5-2/h6-10,14,18H,4-5,16H2,1-3H3. The summed E-state index contributed by atoms with van der Waals surface area (Å²) in [5.74, 6) is 7.32. The molecule has 0 radical (unpaired) electrons. The second-order valence-corrected chi connectivity index (χ2v) is 4.52. The van der Waals surface area contributed by atoms with Crippen LogP contribution in [0.4, 0.5) is 0 Å². The Bertz CT molecular complexity index is 544. The van der Waals surface area contributed by atoms with Crippen molar-refractivity contribution in [3.63, 3.8) is 0 Å². The van der Waals surface area contributed by atoms with Crippen molar-refractivity contribution in [2.45, 2.75) is 26.4 Å². The maximum Gasteiger partial charge on any atom is 0.161 e. The lowest BCUT2D eigenvalue weighted by Gasteiger charge is -2.19. The van der Waals surface area contributed by atoms with Crippen LogP contribution in [0.1, 0.15) is 31.1 Å². The molecular weight excluding hydrogens is 268 g/mol. The van der Waals surface area contributed by atoms with Crippen LogP contribution < -0.4 is 20.7 Å². The number of hydrogen-bond acceptors (Lipinski definition) is 5.